The third-order valence-electron chi connectivity index (χ3n) is 4.25. The van der Waals surface area contributed by atoms with Gasteiger partial charge in [-0.1, -0.05) is 18.2 Å². The quantitative estimate of drug-likeness (QED) is 0.751. The maximum Gasteiger partial charge on any atom is 0.128 e. The zero-order chi connectivity index (χ0) is 13.2. The number of fused-ring (bicyclic) bond motifs is 1. The molecule has 0 spiro atoms. The second-order valence-corrected chi connectivity index (χ2v) is 5.37. The second-order valence-electron chi connectivity index (χ2n) is 5.37. The molecule has 3 rings (SSSR count). The molecule has 2 aliphatic heterocycles. The molecule has 0 aliphatic carbocycles. The van der Waals surface area contributed by atoms with Crippen molar-refractivity contribution in [3.63, 3.8) is 0 Å². The molecular weight excluding hydrogens is 245 g/mol. The van der Waals surface area contributed by atoms with Crippen LogP contribution >= 0.6 is 0 Å². The number of nitrogens with one attached hydrogen (secondary N) is 2. The van der Waals surface area contributed by atoms with Gasteiger partial charge >= 0.3 is 0 Å². The number of likely N-dealkylation sites (tertiary alicyclic amines) is 1. The predicted octanol–water partition coefficient (Wildman–Crippen LogP) is 0.657. The average Bonchev–Trinajstić information content (AvgIpc) is 2.83. The van der Waals surface area contributed by atoms with Crippen molar-refractivity contribution in [2.24, 2.45) is 5.92 Å². The van der Waals surface area contributed by atoms with E-state index in [0.29, 0.717) is 18.5 Å². The van der Waals surface area contributed by atoms with E-state index in [0.717, 1.165) is 25.1 Å². The lowest BCUT2D eigenvalue weighted by Gasteiger charge is -2.35. The third-order valence-corrected chi connectivity index (χ3v) is 4.25. The van der Waals surface area contributed by atoms with E-state index >= 15 is 0 Å². The molecule has 3 unspecified atom stereocenters. The Morgan fingerprint density at radius 3 is 2.95 bits per heavy atom. The van der Waals surface area contributed by atoms with Crippen LogP contribution in [0.15, 0.2) is 24.3 Å². The van der Waals surface area contributed by atoms with Crippen LogP contribution in [0, 0.1) is 11.7 Å². The first-order valence-electron chi connectivity index (χ1n) is 6.88. The van der Waals surface area contributed by atoms with Gasteiger partial charge in [0.15, 0.2) is 0 Å². The van der Waals surface area contributed by atoms with Gasteiger partial charge in [-0.2, -0.15) is 0 Å². The highest BCUT2D eigenvalue weighted by Gasteiger charge is 2.40. The molecule has 3 atom stereocenters. The normalized spacial score (nSPS) is 31.4. The van der Waals surface area contributed by atoms with Crippen LogP contribution < -0.4 is 10.9 Å². The van der Waals surface area contributed by atoms with Gasteiger partial charge in [0.1, 0.15) is 5.82 Å². The van der Waals surface area contributed by atoms with E-state index in [2.05, 4.69) is 15.8 Å². The average molecular weight is 265 g/mol. The number of rotatable bonds is 3. The molecule has 0 amide bonds. The zero-order valence-electron chi connectivity index (χ0n) is 10.8. The fourth-order valence-electron chi connectivity index (χ4n) is 3.25. The summed E-state index contributed by atoms with van der Waals surface area (Å²) < 4.78 is 13.9. The maximum atomic E-state index is 13.9. The van der Waals surface area contributed by atoms with Gasteiger partial charge in [-0.15, -0.1) is 0 Å². The van der Waals surface area contributed by atoms with Crippen LogP contribution in [0.1, 0.15) is 18.0 Å². The molecule has 0 radical (unpaired) electrons. The van der Waals surface area contributed by atoms with Gasteiger partial charge in [-0.05, 0) is 19.0 Å². The van der Waals surface area contributed by atoms with Crippen LogP contribution in [0.3, 0.4) is 0 Å². The van der Waals surface area contributed by atoms with Gasteiger partial charge in [-0.25, -0.2) is 9.82 Å². The Kier molecular flexibility index (Phi) is 3.79. The molecule has 0 aromatic heterocycles. The van der Waals surface area contributed by atoms with E-state index < -0.39 is 0 Å². The number of benzene rings is 1. The summed E-state index contributed by atoms with van der Waals surface area (Å²) in [7, 11) is 0. The first-order chi connectivity index (χ1) is 9.29. The smallest absolute Gasteiger partial charge is 0.128 e. The van der Waals surface area contributed by atoms with Crippen molar-refractivity contribution in [2.45, 2.75) is 18.5 Å². The number of aliphatic hydroxyl groups excluding tert-OH is 1. The Balaban J connectivity index is 1.78. The Labute approximate surface area is 112 Å². The molecule has 1 aromatic rings. The van der Waals surface area contributed by atoms with Crippen molar-refractivity contribution in [2.75, 3.05) is 26.2 Å². The van der Waals surface area contributed by atoms with Crippen molar-refractivity contribution in [1.29, 1.82) is 0 Å². The Morgan fingerprint density at radius 1 is 1.32 bits per heavy atom. The molecule has 3 N–H and O–H groups in total. The van der Waals surface area contributed by atoms with Gasteiger partial charge in [0.2, 0.25) is 0 Å². The number of β-amino-alcohol motifs (C(OH)–C–C–N with tert-alkyl or cyclic N) is 1. The molecule has 1 aromatic carbocycles. The number of piperidine rings is 1. The van der Waals surface area contributed by atoms with Gasteiger partial charge < -0.3 is 10.0 Å². The molecule has 104 valence electrons. The van der Waals surface area contributed by atoms with Gasteiger partial charge in [0.05, 0.1) is 12.6 Å². The Hall–Kier alpha value is -1.01. The van der Waals surface area contributed by atoms with Gasteiger partial charge in [-0.3, -0.25) is 5.43 Å². The van der Waals surface area contributed by atoms with E-state index in [-0.39, 0.29) is 18.5 Å². The van der Waals surface area contributed by atoms with Crippen molar-refractivity contribution in [3.05, 3.63) is 35.6 Å². The number of hydrazine groups is 1. The molecule has 2 saturated heterocycles. The van der Waals surface area contributed by atoms with Crippen LogP contribution in [-0.2, 0) is 0 Å². The highest BCUT2D eigenvalue weighted by molar-refractivity contribution is 5.24. The maximum absolute atomic E-state index is 13.9. The van der Waals surface area contributed by atoms with E-state index in [1.807, 2.05) is 12.1 Å². The number of hydrogen-bond acceptors (Lipinski definition) is 4. The zero-order valence-corrected chi connectivity index (χ0v) is 10.8. The summed E-state index contributed by atoms with van der Waals surface area (Å²) in [6.07, 6.45) is 1.03. The summed E-state index contributed by atoms with van der Waals surface area (Å²) in [5, 5.41) is 9.05. The van der Waals surface area contributed by atoms with E-state index in [1.165, 1.54) is 6.07 Å². The number of hydrogen-bond donors (Lipinski definition) is 3. The monoisotopic (exact) mass is 265 g/mol. The van der Waals surface area contributed by atoms with E-state index in [4.69, 9.17) is 5.11 Å². The lowest BCUT2D eigenvalue weighted by atomic mass is 9.85. The molecule has 2 aliphatic rings. The summed E-state index contributed by atoms with van der Waals surface area (Å²) in [5.74, 6) is 0.193. The molecule has 19 heavy (non-hydrogen) atoms. The number of halogens is 1. The minimum atomic E-state index is -0.151. The molecule has 0 bridgehead atoms. The van der Waals surface area contributed by atoms with Crippen LogP contribution in [-0.4, -0.2) is 42.3 Å². The minimum absolute atomic E-state index is 0.00712. The van der Waals surface area contributed by atoms with Crippen molar-refractivity contribution in [1.82, 2.24) is 15.8 Å². The predicted molar refractivity (Wildman–Crippen MR) is 70.8 cm³/mol. The van der Waals surface area contributed by atoms with Crippen molar-refractivity contribution in [3.8, 4) is 0 Å². The van der Waals surface area contributed by atoms with Crippen LogP contribution in [0.5, 0.6) is 0 Å². The van der Waals surface area contributed by atoms with Crippen LogP contribution in [0.4, 0.5) is 4.39 Å². The lowest BCUT2D eigenvalue weighted by Crippen LogP contribution is -2.46. The van der Waals surface area contributed by atoms with Gasteiger partial charge in [0.25, 0.3) is 0 Å². The molecule has 0 saturated carbocycles. The summed E-state index contributed by atoms with van der Waals surface area (Å²) in [4.78, 5) is 2.25. The van der Waals surface area contributed by atoms with Crippen LogP contribution in [0.2, 0.25) is 0 Å². The largest absolute Gasteiger partial charge is 0.395 e. The topological polar surface area (TPSA) is 47.5 Å². The second kappa shape index (κ2) is 5.54. The SMILES string of the molecule is OCCN1CCC2NNC(c3ccccc3F)C2C1. The Bertz CT molecular complexity index is 442. The fourth-order valence-corrected chi connectivity index (χ4v) is 3.25. The van der Waals surface area contributed by atoms with E-state index in [1.54, 1.807) is 6.07 Å². The summed E-state index contributed by atoms with van der Waals surface area (Å²) in [6.45, 7) is 2.76. The summed E-state index contributed by atoms with van der Waals surface area (Å²) >= 11 is 0. The fraction of sp³-hybridized carbons (Fsp3) is 0.571. The Morgan fingerprint density at radius 2 is 2.16 bits per heavy atom. The highest BCUT2D eigenvalue weighted by Crippen LogP contribution is 2.34. The molecule has 2 fully saturated rings. The van der Waals surface area contributed by atoms with Crippen molar-refractivity contribution < 1.29 is 9.50 Å². The van der Waals surface area contributed by atoms with E-state index in [9.17, 15) is 4.39 Å². The van der Waals surface area contributed by atoms with Gasteiger partial charge in [0, 0.05) is 30.6 Å². The standard InChI is InChI=1S/C14H20FN3O/c15-12-4-2-1-3-10(12)14-11-9-18(7-8-19)6-5-13(11)16-17-14/h1-4,11,13-14,16-17,19H,5-9H2. The molecule has 4 nitrogen and oxygen atoms in total. The van der Waals surface area contributed by atoms with Crippen LogP contribution in [0.25, 0.3) is 0 Å². The first kappa shape index (κ1) is 13.0. The number of aliphatic hydroxyl groups is 1. The third kappa shape index (κ3) is 2.51. The molecule has 5 heteroatoms. The highest BCUT2D eigenvalue weighted by atomic mass is 19.1. The van der Waals surface area contributed by atoms with Crippen molar-refractivity contribution >= 4 is 0 Å². The lowest BCUT2D eigenvalue weighted by molar-refractivity contribution is 0.126. The first-order valence-corrected chi connectivity index (χ1v) is 6.88. The summed E-state index contributed by atoms with van der Waals surface area (Å²) in [6, 6.07) is 7.35. The number of nitrogens with zero attached hydrogens (tertiary/aromatic N) is 1. The molecule has 2 heterocycles. The summed E-state index contributed by atoms with van der Waals surface area (Å²) in [5.41, 5.74) is 7.26. The molecular formula is C14H20FN3O. The minimum Gasteiger partial charge on any atom is -0.395 e.